The summed E-state index contributed by atoms with van der Waals surface area (Å²) in [6, 6.07) is 4.03. The van der Waals surface area contributed by atoms with Crippen LogP contribution >= 0.6 is 0 Å². The number of rotatable bonds is 6. The molecule has 0 N–H and O–H groups in total. The van der Waals surface area contributed by atoms with Crippen molar-refractivity contribution in [1.82, 2.24) is 4.90 Å². The molecule has 1 saturated heterocycles. The van der Waals surface area contributed by atoms with E-state index in [1.165, 1.54) is 19.2 Å². The van der Waals surface area contributed by atoms with Crippen molar-refractivity contribution in [2.45, 2.75) is 0 Å². The lowest BCUT2D eigenvalue weighted by Crippen LogP contribution is -2.38. The zero-order valence-corrected chi connectivity index (χ0v) is 12.3. The van der Waals surface area contributed by atoms with Crippen LogP contribution in [0.4, 0.5) is 5.69 Å². The minimum atomic E-state index is -0.622. The van der Waals surface area contributed by atoms with Gasteiger partial charge in [-0.3, -0.25) is 15.0 Å². The molecule has 120 valence electrons. The molecule has 2 rings (SSSR count). The Morgan fingerprint density at radius 2 is 2.14 bits per heavy atom. The summed E-state index contributed by atoms with van der Waals surface area (Å²) >= 11 is 0. The molecule has 0 bridgehead atoms. The fourth-order valence-electron chi connectivity index (χ4n) is 2.14. The van der Waals surface area contributed by atoms with E-state index >= 15 is 0 Å². The normalized spacial score (nSPS) is 15.3. The monoisotopic (exact) mass is 310 g/mol. The lowest BCUT2D eigenvalue weighted by molar-refractivity contribution is -0.385. The summed E-state index contributed by atoms with van der Waals surface area (Å²) in [5.41, 5.74) is -0.125. The largest absolute Gasteiger partial charge is 0.485 e. The Labute approximate surface area is 127 Å². The standard InChI is InChI=1S/C14H18N2O6/c1-20-14(17)11-2-3-13(12(10-11)16(18)19)22-9-6-15-4-7-21-8-5-15/h2-3,10H,4-9H2,1H3. The summed E-state index contributed by atoms with van der Waals surface area (Å²) in [5, 5.41) is 11.1. The molecule has 0 radical (unpaired) electrons. The van der Waals surface area contributed by atoms with Crippen molar-refractivity contribution in [1.29, 1.82) is 0 Å². The van der Waals surface area contributed by atoms with E-state index in [0.29, 0.717) is 26.4 Å². The second-order valence-electron chi connectivity index (χ2n) is 4.73. The fourth-order valence-corrected chi connectivity index (χ4v) is 2.14. The van der Waals surface area contributed by atoms with Crippen LogP contribution in [0.1, 0.15) is 10.4 Å². The van der Waals surface area contributed by atoms with Crippen molar-refractivity contribution < 1.29 is 23.9 Å². The van der Waals surface area contributed by atoms with Crippen LogP contribution in [0.15, 0.2) is 18.2 Å². The first kappa shape index (κ1) is 16.2. The van der Waals surface area contributed by atoms with Gasteiger partial charge in [0.15, 0.2) is 5.75 Å². The molecule has 1 aromatic rings. The van der Waals surface area contributed by atoms with E-state index in [0.717, 1.165) is 19.2 Å². The van der Waals surface area contributed by atoms with Crippen LogP contribution < -0.4 is 4.74 Å². The average molecular weight is 310 g/mol. The fraction of sp³-hybridized carbons (Fsp3) is 0.500. The number of hydrogen-bond acceptors (Lipinski definition) is 7. The minimum absolute atomic E-state index is 0.120. The SMILES string of the molecule is COC(=O)c1ccc(OCCN2CCOCC2)c([N+](=O)[O-])c1. The van der Waals surface area contributed by atoms with E-state index in [-0.39, 0.29) is 17.0 Å². The van der Waals surface area contributed by atoms with Gasteiger partial charge in [-0.05, 0) is 12.1 Å². The molecule has 0 atom stereocenters. The van der Waals surface area contributed by atoms with Gasteiger partial charge in [-0.1, -0.05) is 0 Å². The second kappa shape index (κ2) is 7.71. The molecule has 8 nitrogen and oxygen atoms in total. The predicted octanol–water partition coefficient (Wildman–Crippen LogP) is 1.09. The number of hydrogen-bond donors (Lipinski definition) is 0. The summed E-state index contributed by atoms with van der Waals surface area (Å²) in [7, 11) is 1.22. The topological polar surface area (TPSA) is 91.1 Å². The first-order valence-electron chi connectivity index (χ1n) is 6.91. The molecular formula is C14H18N2O6. The van der Waals surface area contributed by atoms with Crippen molar-refractivity contribution >= 4 is 11.7 Å². The molecule has 0 saturated carbocycles. The van der Waals surface area contributed by atoms with E-state index in [9.17, 15) is 14.9 Å². The third-order valence-electron chi connectivity index (χ3n) is 3.35. The van der Waals surface area contributed by atoms with Gasteiger partial charge < -0.3 is 14.2 Å². The second-order valence-corrected chi connectivity index (χ2v) is 4.73. The van der Waals surface area contributed by atoms with Crippen LogP contribution in [0.25, 0.3) is 0 Å². The molecule has 1 aliphatic rings. The molecule has 1 aliphatic heterocycles. The van der Waals surface area contributed by atoms with E-state index in [4.69, 9.17) is 9.47 Å². The van der Waals surface area contributed by atoms with Gasteiger partial charge in [0.1, 0.15) is 6.61 Å². The lowest BCUT2D eigenvalue weighted by atomic mass is 10.2. The number of carbonyl (C=O) groups excluding carboxylic acids is 1. The highest BCUT2D eigenvalue weighted by Crippen LogP contribution is 2.28. The van der Waals surface area contributed by atoms with Crippen LogP contribution in [0.3, 0.4) is 0 Å². The Balaban J connectivity index is 1.99. The molecule has 1 heterocycles. The van der Waals surface area contributed by atoms with Crippen LogP contribution in [0, 0.1) is 10.1 Å². The van der Waals surface area contributed by atoms with Gasteiger partial charge >= 0.3 is 11.7 Å². The van der Waals surface area contributed by atoms with E-state index in [2.05, 4.69) is 9.64 Å². The Bertz CT molecular complexity index is 542. The van der Waals surface area contributed by atoms with Crippen molar-refractivity contribution in [3.63, 3.8) is 0 Å². The van der Waals surface area contributed by atoms with Crippen molar-refractivity contribution in [3.8, 4) is 5.75 Å². The molecule has 8 heteroatoms. The summed E-state index contributed by atoms with van der Waals surface area (Å²) in [6.07, 6.45) is 0. The first-order chi connectivity index (χ1) is 10.6. The van der Waals surface area contributed by atoms with Crippen molar-refractivity contribution in [2.75, 3.05) is 46.6 Å². The Kier molecular flexibility index (Phi) is 5.68. The summed E-state index contributed by atoms with van der Waals surface area (Å²) < 4.78 is 15.3. The first-order valence-corrected chi connectivity index (χ1v) is 6.91. The van der Waals surface area contributed by atoms with Gasteiger partial charge in [-0.25, -0.2) is 4.79 Å². The van der Waals surface area contributed by atoms with Gasteiger partial charge in [0.2, 0.25) is 0 Å². The molecule has 0 aliphatic carbocycles. The van der Waals surface area contributed by atoms with Gasteiger partial charge in [0.05, 0.1) is 30.8 Å². The quantitative estimate of drug-likeness (QED) is 0.441. The highest BCUT2D eigenvalue weighted by molar-refractivity contribution is 5.90. The molecule has 0 amide bonds. The Morgan fingerprint density at radius 3 is 2.77 bits per heavy atom. The molecule has 22 heavy (non-hydrogen) atoms. The number of nitrogens with zero attached hydrogens (tertiary/aromatic N) is 2. The maximum atomic E-state index is 11.4. The summed E-state index contributed by atoms with van der Waals surface area (Å²) in [6.45, 7) is 4.03. The number of morpholine rings is 1. The van der Waals surface area contributed by atoms with Crippen LogP contribution in [-0.4, -0.2) is 62.4 Å². The number of carbonyl (C=O) groups is 1. The molecule has 0 spiro atoms. The zero-order valence-electron chi connectivity index (χ0n) is 12.3. The van der Waals surface area contributed by atoms with Crippen LogP contribution in [-0.2, 0) is 9.47 Å². The van der Waals surface area contributed by atoms with E-state index in [1.54, 1.807) is 0 Å². The summed E-state index contributed by atoms with van der Waals surface area (Å²) in [4.78, 5) is 24.1. The van der Waals surface area contributed by atoms with Gasteiger partial charge in [-0.2, -0.15) is 0 Å². The molecule has 1 fully saturated rings. The highest BCUT2D eigenvalue weighted by atomic mass is 16.6. The van der Waals surface area contributed by atoms with Crippen LogP contribution in [0.2, 0.25) is 0 Å². The van der Waals surface area contributed by atoms with Gasteiger partial charge in [0.25, 0.3) is 0 Å². The van der Waals surface area contributed by atoms with Gasteiger partial charge in [-0.15, -0.1) is 0 Å². The number of methoxy groups -OCH3 is 1. The summed E-state index contributed by atoms with van der Waals surface area (Å²) in [5.74, 6) is -0.478. The molecule has 1 aromatic carbocycles. The third-order valence-corrected chi connectivity index (χ3v) is 3.35. The number of esters is 1. The number of ether oxygens (including phenoxy) is 3. The van der Waals surface area contributed by atoms with E-state index in [1.807, 2.05) is 0 Å². The average Bonchev–Trinajstić information content (AvgIpc) is 2.55. The molecule has 0 aromatic heterocycles. The highest BCUT2D eigenvalue weighted by Gasteiger charge is 2.19. The minimum Gasteiger partial charge on any atom is -0.485 e. The van der Waals surface area contributed by atoms with Crippen molar-refractivity contribution in [2.24, 2.45) is 0 Å². The van der Waals surface area contributed by atoms with E-state index < -0.39 is 10.9 Å². The molecular weight excluding hydrogens is 292 g/mol. The van der Waals surface area contributed by atoms with Crippen molar-refractivity contribution in [3.05, 3.63) is 33.9 Å². The van der Waals surface area contributed by atoms with Gasteiger partial charge in [0, 0.05) is 25.7 Å². The third kappa shape index (κ3) is 4.15. The molecule has 0 unspecified atom stereocenters. The predicted molar refractivity (Wildman–Crippen MR) is 77.2 cm³/mol. The lowest BCUT2D eigenvalue weighted by Gasteiger charge is -2.26. The zero-order chi connectivity index (χ0) is 15.9. The number of nitro groups is 1. The van der Waals surface area contributed by atoms with Crippen LogP contribution in [0.5, 0.6) is 5.75 Å². The number of nitro benzene ring substituents is 1. The Morgan fingerprint density at radius 1 is 1.41 bits per heavy atom. The maximum Gasteiger partial charge on any atom is 0.338 e. The maximum absolute atomic E-state index is 11.4. The smallest absolute Gasteiger partial charge is 0.338 e. The Hall–Kier alpha value is -2.19. The number of benzene rings is 1.